The fourth-order valence-electron chi connectivity index (χ4n) is 1.85. The van der Waals surface area contributed by atoms with E-state index in [9.17, 15) is 0 Å². The molecule has 1 saturated heterocycles. The van der Waals surface area contributed by atoms with Gasteiger partial charge in [-0.05, 0) is 6.92 Å². The minimum atomic E-state index is -0.622. The van der Waals surface area contributed by atoms with Gasteiger partial charge < -0.3 is 9.80 Å². The normalized spacial score (nSPS) is 20.3. The van der Waals surface area contributed by atoms with Gasteiger partial charge in [-0.1, -0.05) is 29.8 Å². The van der Waals surface area contributed by atoms with Crippen molar-refractivity contribution in [1.29, 1.82) is 0 Å². The molecule has 0 saturated carbocycles. The molecule has 0 aliphatic carbocycles. The highest BCUT2D eigenvalue weighted by Gasteiger charge is 2.16. The van der Waals surface area contributed by atoms with Gasteiger partial charge in [-0.25, -0.2) is 0 Å². The van der Waals surface area contributed by atoms with Gasteiger partial charge in [0, 0.05) is 26.0 Å². The van der Waals surface area contributed by atoms with Gasteiger partial charge in [-0.3, -0.25) is 10.0 Å². The Kier molecular flexibility index (Phi) is 6.56. The van der Waals surface area contributed by atoms with Crippen LogP contribution in [0.2, 0.25) is 10.6 Å². The SMILES string of the molecule is CCN1C=CN(C)C1.[Cl][Al]1[CH2]CCC[CH2]1. The number of hydrogen-bond acceptors (Lipinski definition) is 2. The fourth-order valence-corrected chi connectivity index (χ4v) is 4.52. The van der Waals surface area contributed by atoms with Gasteiger partial charge in [-0.2, -0.15) is 0 Å². The van der Waals surface area contributed by atoms with E-state index in [0.29, 0.717) is 0 Å². The Balaban J connectivity index is 0.000000151. The van der Waals surface area contributed by atoms with E-state index >= 15 is 0 Å². The second-order valence-corrected chi connectivity index (χ2v) is 8.54. The van der Waals surface area contributed by atoms with Crippen LogP contribution in [0.25, 0.3) is 0 Å². The van der Waals surface area contributed by atoms with Crippen LogP contribution >= 0.6 is 10.0 Å². The van der Waals surface area contributed by atoms with Gasteiger partial charge in [0.25, 0.3) is 0 Å². The molecule has 2 nitrogen and oxygen atoms in total. The molecular weight excluding hydrogens is 223 g/mol. The van der Waals surface area contributed by atoms with Gasteiger partial charge in [0.1, 0.15) is 0 Å². The summed E-state index contributed by atoms with van der Waals surface area (Å²) in [6, 6.07) is 0. The maximum atomic E-state index is 5.96. The van der Waals surface area contributed by atoms with Crippen molar-refractivity contribution in [3.05, 3.63) is 12.4 Å². The summed E-state index contributed by atoms with van der Waals surface area (Å²) in [7, 11) is 8.03. The predicted octanol–water partition coefficient (Wildman–Crippen LogP) is 3.08. The second-order valence-electron chi connectivity index (χ2n) is 4.34. The van der Waals surface area contributed by atoms with Crippen molar-refractivity contribution in [3.63, 3.8) is 0 Å². The first kappa shape index (κ1) is 13.2. The summed E-state index contributed by atoms with van der Waals surface area (Å²) >= 11 is -0.622. The Hall–Kier alpha value is 0.162. The molecule has 15 heavy (non-hydrogen) atoms. The summed E-state index contributed by atoms with van der Waals surface area (Å²) < 4.78 is 0. The van der Waals surface area contributed by atoms with E-state index in [1.807, 2.05) is 0 Å². The Bertz CT molecular complexity index is 193. The van der Waals surface area contributed by atoms with Crippen LogP contribution in [0.15, 0.2) is 12.4 Å². The fraction of sp³-hybridized carbons (Fsp3) is 0.818. The molecule has 86 valence electrons. The molecule has 0 N–H and O–H groups in total. The standard InChI is InChI=1S/C6H12N2.C5H10.Al.ClH/c1-3-8-5-4-7(2)6-8;1-3-5-4-2;;/h4-5H,3,6H2,1-2H3;1-5H2;;1H/q;;+1;/p-1. The molecule has 0 aromatic rings. The molecule has 1 fully saturated rings. The number of hydrogen-bond donors (Lipinski definition) is 0. The van der Waals surface area contributed by atoms with Crippen LogP contribution in [0.1, 0.15) is 26.2 Å². The molecule has 0 amide bonds. The minimum absolute atomic E-state index is 0.622. The number of halogens is 1. The lowest BCUT2D eigenvalue weighted by molar-refractivity contribution is 0.308. The maximum Gasteiger partial charge on any atom is 0.399 e. The quantitative estimate of drug-likeness (QED) is 0.654. The van der Waals surface area contributed by atoms with Crippen molar-refractivity contribution in [2.45, 2.75) is 36.8 Å². The summed E-state index contributed by atoms with van der Waals surface area (Å²) in [6.45, 7) is 4.32. The zero-order chi connectivity index (χ0) is 11.1. The molecule has 2 heterocycles. The molecule has 2 rings (SSSR count). The van der Waals surface area contributed by atoms with E-state index in [-0.39, 0.29) is 0 Å². The molecule has 0 aromatic carbocycles. The van der Waals surface area contributed by atoms with Crippen LogP contribution in [0, 0.1) is 0 Å². The van der Waals surface area contributed by atoms with E-state index in [4.69, 9.17) is 10.0 Å². The number of nitrogens with zero attached hydrogens (tertiary/aromatic N) is 2. The Morgan fingerprint density at radius 2 is 1.87 bits per heavy atom. The highest BCUT2D eigenvalue weighted by atomic mass is 35.6. The average Bonchev–Trinajstić information content (AvgIpc) is 2.66. The van der Waals surface area contributed by atoms with Crippen molar-refractivity contribution in [3.8, 4) is 0 Å². The second kappa shape index (κ2) is 7.44. The smallest absolute Gasteiger partial charge is 0.362 e. The monoisotopic (exact) mass is 244 g/mol. The lowest BCUT2D eigenvalue weighted by atomic mass is 10.3. The maximum absolute atomic E-state index is 5.96. The van der Waals surface area contributed by atoms with E-state index < -0.39 is 13.2 Å². The summed E-state index contributed by atoms with van der Waals surface area (Å²) in [5.74, 6) is 0. The van der Waals surface area contributed by atoms with Crippen LogP contribution in [0.4, 0.5) is 0 Å². The largest absolute Gasteiger partial charge is 0.399 e. The third-order valence-corrected chi connectivity index (χ3v) is 6.26. The van der Waals surface area contributed by atoms with Gasteiger partial charge >= 0.3 is 13.2 Å². The Morgan fingerprint density at radius 3 is 2.13 bits per heavy atom. The molecule has 4 heteroatoms. The van der Waals surface area contributed by atoms with Gasteiger partial charge in [0.15, 0.2) is 0 Å². The van der Waals surface area contributed by atoms with Gasteiger partial charge in [0.05, 0.1) is 6.67 Å². The highest BCUT2D eigenvalue weighted by Crippen LogP contribution is 2.20. The average molecular weight is 245 g/mol. The lowest BCUT2D eigenvalue weighted by Gasteiger charge is -2.14. The van der Waals surface area contributed by atoms with Crippen molar-refractivity contribution in [2.75, 3.05) is 20.3 Å². The van der Waals surface area contributed by atoms with Crippen LogP contribution in [0.3, 0.4) is 0 Å². The summed E-state index contributed by atoms with van der Waals surface area (Å²) in [4.78, 5) is 4.41. The molecule has 0 aromatic heterocycles. The number of rotatable bonds is 1. The predicted molar refractivity (Wildman–Crippen MR) is 69.2 cm³/mol. The van der Waals surface area contributed by atoms with Crippen LogP contribution in [-0.2, 0) is 0 Å². The lowest BCUT2D eigenvalue weighted by Crippen LogP contribution is -2.21. The zero-order valence-corrected chi connectivity index (χ0v) is 11.9. The molecule has 0 atom stereocenters. The first-order valence-corrected chi connectivity index (χ1v) is 9.37. The van der Waals surface area contributed by atoms with E-state index in [1.54, 1.807) is 0 Å². The topological polar surface area (TPSA) is 6.48 Å². The van der Waals surface area contributed by atoms with E-state index in [0.717, 1.165) is 13.2 Å². The molecule has 2 aliphatic heterocycles. The van der Waals surface area contributed by atoms with Crippen LogP contribution in [-0.4, -0.2) is 43.3 Å². The Morgan fingerprint density at radius 1 is 1.20 bits per heavy atom. The third kappa shape index (κ3) is 5.71. The highest BCUT2D eigenvalue weighted by molar-refractivity contribution is 7.06. The zero-order valence-electron chi connectivity index (χ0n) is 9.95. The molecule has 0 bridgehead atoms. The Labute approximate surface area is 102 Å². The van der Waals surface area contributed by atoms with Crippen molar-refractivity contribution >= 4 is 23.3 Å². The summed E-state index contributed by atoms with van der Waals surface area (Å²) in [5, 5.41) is 2.78. The third-order valence-electron chi connectivity index (χ3n) is 2.88. The summed E-state index contributed by atoms with van der Waals surface area (Å²) in [5.41, 5.74) is 0. The minimum Gasteiger partial charge on any atom is -0.362 e. The van der Waals surface area contributed by atoms with Crippen molar-refractivity contribution in [1.82, 2.24) is 9.80 Å². The van der Waals surface area contributed by atoms with Crippen LogP contribution in [0.5, 0.6) is 0 Å². The van der Waals surface area contributed by atoms with Gasteiger partial charge in [0.2, 0.25) is 0 Å². The first-order valence-electron chi connectivity index (χ1n) is 5.99. The summed E-state index contributed by atoms with van der Waals surface area (Å²) in [6.07, 6.45) is 8.47. The first-order chi connectivity index (χ1) is 7.22. The molecule has 0 spiro atoms. The van der Waals surface area contributed by atoms with Gasteiger partial charge in [-0.15, -0.1) is 0 Å². The van der Waals surface area contributed by atoms with Crippen LogP contribution < -0.4 is 0 Å². The van der Waals surface area contributed by atoms with Crippen molar-refractivity contribution in [2.24, 2.45) is 0 Å². The molecule has 2 aliphatic rings. The molecule has 0 unspecified atom stereocenters. The van der Waals surface area contributed by atoms with Crippen molar-refractivity contribution < 1.29 is 0 Å². The van der Waals surface area contributed by atoms with E-state index in [1.165, 1.54) is 29.8 Å². The molecular formula is C11H22AlClN2. The molecule has 0 radical (unpaired) electrons. The van der Waals surface area contributed by atoms with E-state index in [2.05, 4.69) is 36.2 Å².